The van der Waals surface area contributed by atoms with Crippen molar-refractivity contribution in [3.05, 3.63) is 35.1 Å². The molecule has 1 amide bonds. The summed E-state index contributed by atoms with van der Waals surface area (Å²) in [5.74, 6) is -0.0455. The number of aliphatic imine (C=N–C) groups is 1. The second-order valence-electron chi connectivity index (χ2n) is 4.54. The molecule has 0 spiro atoms. The van der Waals surface area contributed by atoms with Gasteiger partial charge >= 0.3 is 0 Å². The zero-order valence-corrected chi connectivity index (χ0v) is 11.7. The van der Waals surface area contributed by atoms with Gasteiger partial charge in [0.05, 0.1) is 0 Å². The van der Waals surface area contributed by atoms with Crippen LogP contribution in [0.2, 0.25) is 0 Å². The minimum Gasteiger partial charge on any atom is -0.355 e. The van der Waals surface area contributed by atoms with E-state index in [-0.39, 0.29) is 5.91 Å². The van der Waals surface area contributed by atoms with Gasteiger partial charge in [0, 0.05) is 24.0 Å². The van der Waals surface area contributed by atoms with E-state index in [2.05, 4.69) is 22.5 Å². The summed E-state index contributed by atoms with van der Waals surface area (Å²) in [6, 6.07) is 0. The summed E-state index contributed by atoms with van der Waals surface area (Å²) in [4.78, 5) is 16.1. The minimum absolute atomic E-state index is 0.0455. The first-order chi connectivity index (χ1) is 8.54. The van der Waals surface area contributed by atoms with E-state index in [0.29, 0.717) is 5.57 Å². The van der Waals surface area contributed by atoms with Gasteiger partial charge in [-0.15, -0.1) is 0 Å². The molecular formula is C15H22N2O. The molecule has 98 valence electrons. The van der Waals surface area contributed by atoms with E-state index in [1.54, 1.807) is 7.05 Å². The molecule has 18 heavy (non-hydrogen) atoms. The second-order valence-corrected chi connectivity index (χ2v) is 4.54. The summed E-state index contributed by atoms with van der Waals surface area (Å²) < 4.78 is 0. The molecule has 3 heteroatoms. The van der Waals surface area contributed by atoms with E-state index in [1.165, 1.54) is 0 Å². The smallest absolute Gasteiger partial charge is 0.246 e. The fraction of sp³-hybridized carbons (Fsp3) is 0.467. The van der Waals surface area contributed by atoms with Gasteiger partial charge < -0.3 is 5.32 Å². The minimum atomic E-state index is -0.0455. The molecule has 0 fully saturated rings. The van der Waals surface area contributed by atoms with Crippen molar-refractivity contribution in [1.82, 2.24) is 5.32 Å². The Morgan fingerprint density at radius 2 is 2.00 bits per heavy atom. The largest absolute Gasteiger partial charge is 0.355 e. The van der Waals surface area contributed by atoms with Crippen molar-refractivity contribution >= 4 is 11.6 Å². The molecule has 0 aromatic heterocycles. The number of amides is 1. The first-order valence-electron chi connectivity index (χ1n) is 6.37. The number of hydrogen-bond acceptors (Lipinski definition) is 2. The van der Waals surface area contributed by atoms with E-state index in [4.69, 9.17) is 0 Å². The normalized spacial score (nSPS) is 26.4. The predicted molar refractivity (Wildman–Crippen MR) is 76.6 cm³/mol. The Labute approximate surface area is 109 Å². The van der Waals surface area contributed by atoms with Crippen LogP contribution >= 0.6 is 0 Å². The van der Waals surface area contributed by atoms with Crippen LogP contribution in [0.3, 0.4) is 0 Å². The maximum atomic E-state index is 11.5. The molecule has 0 saturated heterocycles. The summed E-state index contributed by atoms with van der Waals surface area (Å²) in [6.07, 6.45) is 9.44. The average molecular weight is 246 g/mol. The van der Waals surface area contributed by atoms with E-state index in [0.717, 1.165) is 36.2 Å². The number of carbonyl (C=O) groups excluding carboxylic acids is 1. The summed E-state index contributed by atoms with van der Waals surface area (Å²) >= 11 is 0. The predicted octanol–water partition coefficient (Wildman–Crippen LogP) is 3.15. The molecule has 3 nitrogen and oxygen atoms in total. The lowest BCUT2D eigenvalue weighted by Crippen LogP contribution is -2.18. The Morgan fingerprint density at radius 1 is 1.33 bits per heavy atom. The van der Waals surface area contributed by atoms with Gasteiger partial charge in [-0.25, -0.2) is 0 Å². The van der Waals surface area contributed by atoms with Crippen molar-refractivity contribution in [3.8, 4) is 0 Å². The molecule has 0 aliphatic carbocycles. The van der Waals surface area contributed by atoms with E-state index in [9.17, 15) is 4.79 Å². The highest BCUT2D eigenvalue weighted by atomic mass is 16.1. The van der Waals surface area contributed by atoms with Gasteiger partial charge in [0.2, 0.25) is 5.91 Å². The zero-order valence-electron chi connectivity index (χ0n) is 11.7. The highest BCUT2D eigenvalue weighted by molar-refractivity contribution is 6.03. The highest BCUT2D eigenvalue weighted by Crippen LogP contribution is 2.14. The molecule has 1 aliphatic heterocycles. The fourth-order valence-electron chi connectivity index (χ4n) is 1.87. The number of carbonyl (C=O) groups is 1. The number of rotatable bonds is 2. The quantitative estimate of drug-likeness (QED) is 0.747. The third kappa shape index (κ3) is 4.32. The first kappa shape index (κ1) is 14.4. The number of hydrogen-bond donors (Lipinski definition) is 1. The van der Waals surface area contributed by atoms with E-state index < -0.39 is 0 Å². The maximum Gasteiger partial charge on any atom is 0.246 e. The fourth-order valence-corrected chi connectivity index (χ4v) is 1.87. The van der Waals surface area contributed by atoms with Crippen molar-refractivity contribution in [2.45, 2.75) is 40.0 Å². The Morgan fingerprint density at radius 3 is 2.67 bits per heavy atom. The molecule has 1 N–H and O–H groups in total. The number of likely N-dealkylation sites (N-methyl/N-ethyl adjacent to an activating group) is 1. The van der Waals surface area contributed by atoms with Gasteiger partial charge in [-0.3, -0.25) is 9.79 Å². The van der Waals surface area contributed by atoms with E-state index >= 15 is 0 Å². The van der Waals surface area contributed by atoms with Gasteiger partial charge in [0.15, 0.2) is 0 Å². The zero-order chi connectivity index (χ0) is 13.5. The van der Waals surface area contributed by atoms with Crippen molar-refractivity contribution in [1.29, 1.82) is 0 Å². The van der Waals surface area contributed by atoms with E-state index in [1.807, 2.05) is 26.8 Å². The van der Waals surface area contributed by atoms with Crippen LogP contribution in [0, 0.1) is 0 Å². The summed E-state index contributed by atoms with van der Waals surface area (Å²) in [5.41, 5.74) is 3.77. The van der Waals surface area contributed by atoms with Crippen LogP contribution in [-0.4, -0.2) is 18.7 Å². The molecule has 0 saturated carbocycles. The Balaban J connectivity index is 3.04. The molecule has 1 heterocycles. The van der Waals surface area contributed by atoms with Crippen molar-refractivity contribution in [2.75, 3.05) is 7.05 Å². The highest BCUT2D eigenvalue weighted by Gasteiger charge is 2.05. The molecule has 1 aliphatic rings. The third-order valence-corrected chi connectivity index (χ3v) is 2.93. The topological polar surface area (TPSA) is 41.5 Å². The van der Waals surface area contributed by atoms with Crippen molar-refractivity contribution in [2.24, 2.45) is 4.99 Å². The lowest BCUT2D eigenvalue weighted by atomic mass is 10.1. The van der Waals surface area contributed by atoms with Gasteiger partial charge in [0.25, 0.3) is 0 Å². The third-order valence-electron chi connectivity index (χ3n) is 2.93. The number of nitrogens with one attached hydrogen (secondary N) is 1. The van der Waals surface area contributed by atoms with Crippen LogP contribution in [-0.2, 0) is 4.79 Å². The second kappa shape index (κ2) is 6.94. The Kier molecular flexibility index (Phi) is 5.56. The lowest BCUT2D eigenvalue weighted by molar-refractivity contribution is -0.116. The monoisotopic (exact) mass is 246 g/mol. The molecule has 0 aromatic carbocycles. The Hall–Kier alpha value is -1.64. The summed E-state index contributed by atoms with van der Waals surface area (Å²) in [7, 11) is 1.64. The molecular weight excluding hydrogens is 224 g/mol. The van der Waals surface area contributed by atoms with Crippen LogP contribution in [0.15, 0.2) is 40.1 Å². The van der Waals surface area contributed by atoms with Crippen LogP contribution in [0.25, 0.3) is 0 Å². The summed E-state index contributed by atoms with van der Waals surface area (Å²) in [5, 5.41) is 2.63. The first-order valence-corrected chi connectivity index (χ1v) is 6.37. The van der Waals surface area contributed by atoms with Crippen LogP contribution in [0.4, 0.5) is 0 Å². The molecule has 0 aromatic rings. The maximum absolute atomic E-state index is 11.5. The molecule has 0 atom stereocenters. The van der Waals surface area contributed by atoms with Crippen LogP contribution in [0.1, 0.15) is 40.0 Å². The lowest BCUT2D eigenvalue weighted by Gasteiger charge is -2.05. The van der Waals surface area contributed by atoms with Crippen molar-refractivity contribution < 1.29 is 4.79 Å². The van der Waals surface area contributed by atoms with Gasteiger partial charge in [0.1, 0.15) is 0 Å². The van der Waals surface area contributed by atoms with Crippen molar-refractivity contribution in [3.63, 3.8) is 0 Å². The molecule has 0 bridgehead atoms. The SMILES string of the molecule is CNC(=O)/C(C)=C/C1=C/CCC/C=C(C)/N=C\1C. The van der Waals surface area contributed by atoms with Gasteiger partial charge in [-0.05, 0) is 51.7 Å². The van der Waals surface area contributed by atoms with Gasteiger partial charge in [-0.1, -0.05) is 12.2 Å². The average Bonchev–Trinajstić information content (AvgIpc) is 2.41. The van der Waals surface area contributed by atoms with Crippen LogP contribution in [0.5, 0.6) is 0 Å². The summed E-state index contributed by atoms with van der Waals surface area (Å²) in [6.45, 7) is 5.83. The number of allylic oxidation sites excluding steroid dienone is 5. The number of nitrogens with zero attached hydrogens (tertiary/aromatic N) is 1. The molecule has 0 unspecified atom stereocenters. The van der Waals surface area contributed by atoms with Crippen LogP contribution < -0.4 is 5.32 Å². The Bertz CT molecular complexity index is 439. The standard InChI is InChI=1S/C15H22N2O/c1-11(15(18)16-4)10-14-9-7-5-6-8-12(2)17-13(14)3/h8-10H,5-7H2,1-4H3,(H,16,18)/b11-10+,12-8+,14-9-,17-13-. The van der Waals surface area contributed by atoms with Gasteiger partial charge in [-0.2, -0.15) is 0 Å². The molecule has 0 radical (unpaired) electrons. The molecule has 1 rings (SSSR count).